The second-order valence-electron chi connectivity index (χ2n) is 5.92. The highest BCUT2D eigenvalue weighted by Gasteiger charge is 2.43. The molecule has 1 saturated heterocycles. The highest BCUT2D eigenvalue weighted by atomic mass is 35.5. The molecule has 1 aromatic rings. The molecule has 0 spiro atoms. The molecule has 0 saturated carbocycles. The van der Waals surface area contributed by atoms with Crippen LogP contribution in [0.5, 0.6) is 0 Å². The zero-order chi connectivity index (χ0) is 14.8. The predicted molar refractivity (Wildman–Crippen MR) is 78.0 cm³/mol. The normalized spacial score (nSPS) is 21.4. The smallest absolute Gasteiger partial charge is 0.411 e. The average Bonchev–Trinajstić information content (AvgIpc) is 3.05. The Bertz CT molecular complexity index is 470. The molecule has 0 aliphatic carbocycles. The Balaban J connectivity index is 1.68. The van der Waals surface area contributed by atoms with E-state index in [0.29, 0.717) is 10.7 Å². The summed E-state index contributed by atoms with van der Waals surface area (Å²) in [5.41, 5.74) is 0.652. The van der Waals surface area contributed by atoms with Crippen LogP contribution in [0.25, 0.3) is 0 Å². The molecule has 1 amide bonds. The van der Waals surface area contributed by atoms with Crippen molar-refractivity contribution in [3.63, 3.8) is 0 Å². The summed E-state index contributed by atoms with van der Waals surface area (Å²) in [6.45, 7) is 1.19. The van der Waals surface area contributed by atoms with E-state index in [0.717, 1.165) is 11.0 Å². The monoisotopic (exact) mass is 299 g/mol. The summed E-state index contributed by atoms with van der Waals surface area (Å²) in [5, 5.41) is 3.26. The molecule has 1 heterocycles. The largest absolute Gasteiger partial charge is 0.446 e. The van der Waals surface area contributed by atoms with Crippen molar-refractivity contribution < 1.29 is 18.8 Å². The van der Waals surface area contributed by atoms with Crippen LogP contribution < -0.4 is 5.32 Å². The number of rotatable bonds is 5. The number of ether oxygens (including phenoxy) is 2. The number of nitrogens with zero attached hydrogens (tertiary/aromatic N) is 1. The summed E-state index contributed by atoms with van der Waals surface area (Å²) >= 11 is 5.77. The average molecular weight is 300 g/mol. The highest BCUT2D eigenvalue weighted by molar-refractivity contribution is 6.30. The first kappa shape index (κ1) is 15.1. The van der Waals surface area contributed by atoms with Gasteiger partial charge in [-0.05, 0) is 24.3 Å². The molecule has 110 valence electrons. The Morgan fingerprint density at radius 3 is 2.55 bits per heavy atom. The van der Waals surface area contributed by atoms with Gasteiger partial charge in [-0.3, -0.25) is 5.32 Å². The lowest BCUT2D eigenvalue weighted by Gasteiger charge is -2.22. The summed E-state index contributed by atoms with van der Waals surface area (Å²) in [6, 6.07) is 6.85. The summed E-state index contributed by atoms with van der Waals surface area (Å²) in [4.78, 5) is 11.6. The van der Waals surface area contributed by atoms with E-state index in [1.54, 1.807) is 24.3 Å². The van der Waals surface area contributed by atoms with Gasteiger partial charge >= 0.3 is 6.09 Å². The number of hydrogen-bond donors (Lipinski definition) is 1. The summed E-state index contributed by atoms with van der Waals surface area (Å²) in [7, 11) is 6.31. The van der Waals surface area contributed by atoms with Gasteiger partial charge in [0.05, 0.1) is 21.1 Å². The van der Waals surface area contributed by atoms with Gasteiger partial charge < -0.3 is 14.0 Å². The third kappa shape index (κ3) is 5.00. The molecule has 1 aromatic carbocycles. The van der Waals surface area contributed by atoms with Gasteiger partial charge in [-0.15, -0.1) is 0 Å². The van der Waals surface area contributed by atoms with Crippen LogP contribution in [0.1, 0.15) is 0 Å². The van der Waals surface area contributed by atoms with Crippen molar-refractivity contribution in [2.75, 3.05) is 39.6 Å². The van der Waals surface area contributed by atoms with Gasteiger partial charge in [0.2, 0.25) is 0 Å². The molecule has 5 nitrogen and oxygen atoms in total. The van der Waals surface area contributed by atoms with Crippen LogP contribution in [-0.2, 0) is 9.47 Å². The molecule has 2 atom stereocenters. The molecule has 0 bridgehead atoms. The maximum absolute atomic E-state index is 11.6. The van der Waals surface area contributed by atoms with Crippen molar-refractivity contribution in [1.82, 2.24) is 0 Å². The van der Waals surface area contributed by atoms with Crippen molar-refractivity contribution in [1.29, 1.82) is 0 Å². The quantitative estimate of drug-likeness (QED) is 0.671. The van der Waals surface area contributed by atoms with Crippen LogP contribution in [0, 0.1) is 0 Å². The molecule has 0 radical (unpaired) electrons. The van der Waals surface area contributed by atoms with Gasteiger partial charge in [-0.1, -0.05) is 11.6 Å². The summed E-state index contributed by atoms with van der Waals surface area (Å²) < 4.78 is 11.4. The van der Waals surface area contributed by atoms with Crippen LogP contribution >= 0.6 is 11.6 Å². The van der Waals surface area contributed by atoms with E-state index in [2.05, 4.69) is 26.5 Å². The molecule has 2 rings (SSSR count). The minimum atomic E-state index is -0.480. The lowest BCUT2D eigenvalue weighted by atomic mass is 10.3. The Hall–Kier alpha value is -1.30. The number of epoxide rings is 1. The minimum absolute atomic E-state index is 0.0170. The van der Waals surface area contributed by atoms with Crippen LogP contribution in [-0.4, -0.2) is 57.1 Å². The molecule has 20 heavy (non-hydrogen) atoms. The molecular weight excluding hydrogens is 280 g/mol. The number of anilines is 1. The Morgan fingerprint density at radius 1 is 1.30 bits per heavy atom. The molecule has 1 N–H and O–H groups in total. The predicted octanol–water partition coefficient (Wildman–Crippen LogP) is 2.36. The number of carbonyl (C=O) groups excluding carboxylic acids is 1. The van der Waals surface area contributed by atoms with E-state index in [9.17, 15) is 4.79 Å². The molecule has 0 aromatic heterocycles. The number of halogens is 1. The van der Waals surface area contributed by atoms with Gasteiger partial charge in [0, 0.05) is 10.7 Å². The molecule has 1 fully saturated rings. The summed E-state index contributed by atoms with van der Waals surface area (Å²) in [6.07, 6.45) is -0.284. The lowest BCUT2D eigenvalue weighted by molar-refractivity contribution is -0.870. The first-order valence-electron chi connectivity index (χ1n) is 6.49. The third-order valence-corrected chi connectivity index (χ3v) is 3.14. The zero-order valence-corrected chi connectivity index (χ0v) is 12.7. The van der Waals surface area contributed by atoms with E-state index < -0.39 is 6.09 Å². The molecule has 1 aliphatic heterocycles. The van der Waals surface area contributed by atoms with Crippen LogP contribution in [0.15, 0.2) is 24.3 Å². The van der Waals surface area contributed by atoms with E-state index in [-0.39, 0.29) is 18.8 Å². The van der Waals surface area contributed by atoms with Gasteiger partial charge in [0.25, 0.3) is 0 Å². The standard InChI is InChI=1S/C14H19ClN2O3/c1-17(2,3)8-12-13(20-12)9-19-14(18)16-11-6-4-10(15)5-7-11/h4-7,12-13H,8-9H2,1-3H3/p+1/t12-,13-/m1/s1. The number of benzene rings is 1. The van der Waals surface area contributed by atoms with Gasteiger partial charge in [0.15, 0.2) is 0 Å². The molecule has 1 aliphatic rings. The van der Waals surface area contributed by atoms with Crippen LogP contribution in [0.2, 0.25) is 5.02 Å². The third-order valence-electron chi connectivity index (χ3n) is 2.88. The SMILES string of the molecule is C[N+](C)(C)C[C@H]1O[C@@H]1COC(=O)Nc1ccc(Cl)cc1. The Kier molecular flexibility index (Phi) is 4.52. The fourth-order valence-corrected chi connectivity index (χ4v) is 2.00. The first-order valence-corrected chi connectivity index (χ1v) is 6.86. The second kappa shape index (κ2) is 5.99. The maximum Gasteiger partial charge on any atom is 0.411 e. The van der Waals surface area contributed by atoms with Crippen LogP contribution in [0.4, 0.5) is 10.5 Å². The molecule has 6 heteroatoms. The van der Waals surface area contributed by atoms with Crippen molar-refractivity contribution in [2.45, 2.75) is 12.2 Å². The topological polar surface area (TPSA) is 50.9 Å². The maximum atomic E-state index is 11.6. The zero-order valence-electron chi connectivity index (χ0n) is 11.9. The van der Waals surface area contributed by atoms with Crippen molar-refractivity contribution >= 4 is 23.4 Å². The molecular formula is C14H20ClN2O3+. The van der Waals surface area contributed by atoms with E-state index in [1.165, 1.54) is 0 Å². The van der Waals surface area contributed by atoms with Crippen LogP contribution in [0.3, 0.4) is 0 Å². The number of likely N-dealkylation sites (N-methyl/N-ethyl adjacent to an activating group) is 1. The number of quaternary nitrogens is 1. The first-order chi connectivity index (χ1) is 9.33. The highest BCUT2D eigenvalue weighted by Crippen LogP contribution is 2.24. The number of carbonyl (C=O) groups is 1. The Morgan fingerprint density at radius 2 is 1.95 bits per heavy atom. The van der Waals surface area contributed by atoms with E-state index >= 15 is 0 Å². The number of nitrogens with one attached hydrogen (secondary N) is 1. The lowest BCUT2D eigenvalue weighted by Crippen LogP contribution is -2.38. The van der Waals surface area contributed by atoms with Gasteiger partial charge in [-0.25, -0.2) is 4.79 Å². The number of hydrogen-bond acceptors (Lipinski definition) is 3. The fourth-order valence-electron chi connectivity index (χ4n) is 1.87. The van der Waals surface area contributed by atoms with Crippen molar-refractivity contribution in [3.05, 3.63) is 29.3 Å². The van der Waals surface area contributed by atoms with Gasteiger partial charge in [0.1, 0.15) is 25.4 Å². The fraction of sp³-hybridized carbons (Fsp3) is 0.500. The van der Waals surface area contributed by atoms with Crippen molar-refractivity contribution in [2.24, 2.45) is 0 Å². The van der Waals surface area contributed by atoms with Crippen molar-refractivity contribution in [3.8, 4) is 0 Å². The number of amides is 1. The van der Waals surface area contributed by atoms with Gasteiger partial charge in [-0.2, -0.15) is 0 Å². The minimum Gasteiger partial charge on any atom is -0.446 e. The van der Waals surface area contributed by atoms with E-state index in [1.807, 2.05) is 0 Å². The molecule has 0 unspecified atom stereocenters. The summed E-state index contributed by atoms with van der Waals surface area (Å²) in [5.74, 6) is 0. The Labute approximate surface area is 124 Å². The van der Waals surface area contributed by atoms with E-state index in [4.69, 9.17) is 21.1 Å². The second-order valence-corrected chi connectivity index (χ2v) is 6.35.